The Morgan fingerprint density at radius 2 is 2.33 bits per heavy atom. The first-order valence-corrected chi connectivity index (χ1v) is 7.02. The van der Waals surface area contributed by atoms with E-state index >= 15 is 0 Å². The van der Waals surface area contributed by atoms with E-state index in [2.05, 4.69) is 37.6 Å². The van der Waals surface area contributed by atoms with Crippen LogP contribution in [0.4, 0.5) is 0 Å². The summed E-state index contributed by atoms with van der Waals surface area (Å²) < 4.78 is 3.25. The smallest absolute Gasteiger partial charge is 0.140 e. The van der Waals surface area contributed by atoms with Gasteiger partial charge in [0.1, 0.15) is 5.82 Å². The average molecular weight is 307 g/mol. The van der Waals surface area contributed by atoms with Crippen molar-refractivity contribution in [3.05, 3.63) is 40.6 Å². The Morgan fingerprint density at radius 3 is 3.11 bits per heavy atom. The molecule has 3 nitrogen and oxygen atoms in total. The SMILES string of the molecule is OCC1CCCc2cnc(-c3cccc(Br)c3)n21. The van der Waals surface area contributed by atoms with Crippen molar-refractivity contribution < 1.29 is 5.11 Å². The molecule has 94 valence electrons. The van der Waals surface area contributed by atoms with Gasteiger partial charge in [0.2, 0.25) is 0 Å². The van der Waals surface area contributed by atoms with Crippen molar-refractivity contribution in [2.24, 2.45) is 0 Å². The third kappa shape index (κ3) is 1.99. The normalized spacial score (nSPS) is 18.7. The molecule has 4 heteroatoms. The van der Waals surface area contributed by atoms with Crippen LogP contribution in [0.25, 0.3) is 11.4 Å². The number of halogens is 1. The molecule has 1 aliphatic rings. The van der Waals surface area contributed by atoms with Crippen molar-refractivity contribution >= 4 is 15.9 Å². The highest BCUT2D eigenvalue weighted by Gasteiger charge is 2.23. The summed E-state index contributed by atoms with van der Waals surface area (Å²) >= 11 is 3.49. The molecule has 1 aromatic heterocycles. The lowest BCUT2D eigenvalue weighted by Crippen LogP contribution is -2.21. The number of nitrogens with zero attached hydrogens (tertiary/aromatic N) is 2. The number of imidazole rings is 1. The lowest BCUT2D eigenvalue weighted by atomic mass is 10.0. The van der Waals surface area contributed by atoms with Crippen LogP contribution in [0.2, 0.25) is 0 Å². The highest BCUT2D eigenvalue weighted by Crippen LogP contribution is 2.31. The number of aromatic nitrogens is 2. The van der Waals surface area contributed by atoms with Gasteiger partial charge in [-0.05, 0) is 31.4 Å². The van der Waals surface area contributed by atoms with Gasteiger partial charge >= 0.3 is 0 Å². The number of aryl methyl sites for hydroxylation is 1. The molecule has 1 N–H and O–H groups in total. The first-order chi connectivity index (χ1) is 8.79. The minimum absolute atomic E-state index is 0.172. The van der Waals surface area contributed by atoms with Crippen LogP contribution in [0.5, 0.6) is 0 Å². The van der Waals surface area contributed by atoms with E-state index in [1.165, 1.54) is 5.69 Å². The summed E-state index contributed by atoms with van der Waals surface area (Å²) in [7, 11) is 0. The Bertz CT molecular complexity index is 565. The number of aliphatic hydroxyl groups is 1. The molecule has 0 bridgehead atoms. The third-order valence-electron chi connectivity index (χ3n) is 3.50. The molecule has 1 unspecified atom stereocenters. The number of hydrogen-bond acceptors (Lipinski definition) is 2. The van der Waals surface area contributed by atoms with E-state index in [4.69, 9.17) is 0 Å². The molecule has 18 heavy (non-hydrogen) atoms. The maximum Gasteiger partial charge on any atom is 0.140 e. The predicted octanol–water partition coefficient (Wildman–Crippen LogP) is 3.18. The van der Waals surface area contributed by atoms with E-state index in [-0.39, 0.29) is 12.6 Å². The maximum absolute atomic E-state index is 9.52. The van der Waals surface area contributed by atoms with E-state index in [9.17, 15) is 5.11 Å². The van der Waals surface area contributed by atoms with Crippen LogP contribution in [-0.4, -0.2) is 21.3 Å². The van der Waals surface area contributed by atoms with Crippen LogP contribution < -0.4 is 0 Å². The number of benzene rings is 1. The van der Waals surface area contributed by atoms with E-state index < -0.39 is 0 Å². The van der Waals surface area contributed by atoms with Gasteiger partial charge < -0.3 is 9.67 Å². The second-order valence-electron chi connectivity index (χ2n) is 4.68. The summed E-state index contributed by atoms with van der Waals surface area (Å²) in [5, 5.41) is 9.52. The largest absolute Gasteiger partial charge is 0.394 e. The van der Waals surface area contributed by atoms with E-state index in [1.54, 1.807) is 0 Å². The molecule has 1 aromatic carbocycles. The van der Waals surface area contributed by atoms with Crippen molar-refractivity contribution in [2.45, 2.75) is 25.3 Å². The Balaban J connectivity index is 2.11. The molecular weight excluding hydrogens is 292 g/mol. The van der Waals surface area contributed by atoms with Crippen molar-refractivity contribution in [3.8, 4) is 11.4 Å². The lowest BCUT2D eigenvalue weighted by molar-refractivity contribution is 0.208. The van der Waals surface area contributed by atoms with Crippen LogP contribution in [0.1, 0.15) is 24.6 Å². The summed E-state index contributed by atoms with van der Waals surface area (Å²) in [5.41, 5.74) is 2.33. The summed E-state index contributed by atoms with van der Waals surface area (Å²) in [6, 6.07) is 8.32. The third-order valence-corrected chi connectivity index (χ3v) is 4.00. The average Bonchev–Trinajstić information content (AvgIpc) is 2.82. The highest BCUT2D eigenvalue weighted by atomic mass is 79.9. The maximum atomic E-state index is 9.52. The van der Waals surface area contributed by atoms with Gasteiger partial charge in [-0.25, -0.2) is 4.98 Å². The fourth-order valence-corrected chi connectivity index (χ4v) is 3.05. The fourth-order valence-electron chi connectivity index (χ4n) is 2.65. The summed E-state index contributed by atoms with van der Waals surface area (Å²) in [6.45, 7) is 0.185. The van der Waals surface area contributed by atoms with Gasteiger partial charge in [-0.15, -0.1) is 0 Å². The zero-order valence-corrected chi connectivity index (χ0v) is 11.6. The van der Waals surface area contributed by atoms with Crippen LogP contribution >= 0.6 is 15.9 Å². The zero-order valence-electron chi connectivity index (χ0n) is 10.0. The van der Waals surface area contributed by atoms with Gasteiger partial charge in [-0.2, -0.15) is 0 Å². The molecule has 0 aliphatic carbocycles. The Morgan fingerprint density at radius 1 is 1.44 bits per heavy atom. The second kappa shape index (κ2) is 4.86. The zero-order chi connectivity index (χ0) is 12.5. The lowest BCUT2D eigenvalue weighted by Gasteiger charge is -2.25. The molecule has 0 saturated carbocycles. The Labute approximate surface area is 115 Å². The first kappa shape index (κ1) is 11.9. The number of aliphatic hydroxyl groups excluding tert-OH is 1. The van der Waals surface area contributed by atoms with Gasteiger partial charge in [0.05, 0.1) is 12.6 Å². The van der Waals surface area contributed by atoms with E-state index in [1.807, 2.05) is 18.3 Å². The summed E-state index contributed by atoms with van der Waals surface area (Å²) in [4.78, 5) is 4.54. The van der Waals surface area contributed by atoms with E-state index in [0.29, 0.717) is 0 Å². The molecule has 0 amide bonds. The van der Waals surface area contributed by atoms with E-state index in [0.717, 1.165) is 35.1 Å². The number of rotatable bonds is 2. The number of hydrogen-bond donors (Lipinski definition) is 1. The highest BCUT2D eigenvalue weighted by molar-refractivity contribution is 9.10. The summed E-state index contributed by atoms with van der Waals surface area (Å²) in [6.07, 6.45) is 5.16. The number of fused-ring (bicyclic) bond motifs is 1. The molecule has 2 heterocycles. The van der Waals surface area contributed by atoms with Gasteiger partial charge in [0, 0.05) is 21.9 Å². The quantitative estimate of drug-likeness (QED) is 0.925. The minimum atomic E-state index is 0.172. The van der Waals surface area contributed by atoms with Gasteiger partial charge in [-0.1, -0.05) is 28.1 Å². The Hall–Kier alpha value is -1.13. The molecular formula is C14H15BrN2O. The Kier molecular flexibility index (Phi) is 3.22. The molecule has 1 atom stereocenters. The molecule has 2 aromatic rings. The van der Waals surface area contributed by atoms with Crippen LogP contribution in [0.3, 0.4) is 0 Å². The van der Waals surface area contributed by atoms with Crippen molar-refractivity contribution in [1.82, 2.24) is 9.55 Å². The second-order valence-corrected chi connectivity index (χ2v) is 5.60. The molecule has 0 fully saturated rings. The van der Waals surface area contributed by atoms with Gasteiger partial charge in [0.15, 0.2) is 0 Å². The van der Waals surface area contributed by atoms with Crippen LogP contribution in [0, 0.1) is 0 Å². The molecule has 0 spiro atoms. The molecule has 0 saturated heterocycles. The predicted molar refractivity (Wildman–Crippen MR) is 74.4 cm³/mol. The fraction of sp³-hybridized carbons (Fsp3) is 0.357. The molecule has 1 aliphatic heterocycles. The first-order valence-electron chi connectivity index (χ1n) is 6.22. The van der Waals surface area contributed by atoms with Crippen LogP contribution in [-0.2, 0) is 6.42 Å². The van der Waals surface area contributed by atoms with Crippen molar-refractivity contribution in [1.29, 1.82) is 0 Å². The molecule has 3 rings (SSSR count). The van der Waals surface area contributed by atoms with Crippen LogP contribution in [0.15, 0.2) is 34.9 Å². The molecule has 0 radical (unpaired) electrons. The topological polar surface area (TPSA) is 38.1 Å². The van der Waals surface area contributed by atoms with Gasteiger partial charge in [-0.3, -0.25) is 0 Å². The van der Waals surface area contributed by atoms with Crippen molar-refractivity contribution in [2.75, 3.05) is 6.61 Å². The minimum Gasteiger partial charge on any atom is -0.394 e. The van der Waals surface area contributed by atoms with Gasteiger partial charge in [0.25, 0.3) is 0 Å². The monoisotopic (exact) mass is 306 g/mol. The van der Waals surface area contributed by atoms with Crippen molar-refractivity contribution in [3.63, 3.8) is 0 Å². The standard InChI is InChI=1S/C14H15BrN2O/c15-11-4-1-3-10(7-11)14-16-8-12-5-2-6-13(9-18)17(12)14/h1,3-4,7-8,13,18H,2,5-6,9H2. The summed E-state index contributed by atoms with van der Waals surface area (Å²) in [5.74, 6) is 0.963.